The molecule has 0 heterocycles. The van der Waals surface area contributed by atoms with Crippen LogP contribution in [0.3, 0.4) is 0 Å². The number of benzene rings is 2. The molecule has 0 spiro atoms. The molecule has 0 fully saturated rings. The Balaban J connectivity index is 2.41. The van der Waals surface area contributed by atoms with E-state index in [1.165, 1.54) is 12.1 Å². The predicted molar refractivity (Wildman–Crippen MR) is 68.5 cm³/mol. The third-order valence-corrected chi connectivity index (χ3v) is 3.14. The van der Waals surface area contributed by atoms with E-state index in [1.807, 2.05) is 0 Å². The molecule has 5 heteroatoms. The van der Waals surface area contributed by atoms with E-state index < -0.39 is 6.61 Å². The van der Waals surface area contributed by atoms with Crippen molar-refractivity contribution in [3.05, 3.63) is 52.5 Å². The first kappa shape index (κ1) is 13.1. The minimum Gasteiger partial charge on any atom is -0.435 e. The molecule has 0 N–H and O–H groups in total. The van der Waals surface area contributed by atoms with Gasteiger partial charge < -0.3 is 4.74 Å². The molecule has 0 aliphatic rings. The molecule has 94 valence electrons. The number of hydrogen-bond acceptors (Lipinski definition) is 1. The van der Waals surface area contributed by atoms with Crippen LogP contribution in [0.25, 0.3) is 11.1 Å². The Labute approximate surface area is 113 Å². The lowest BCUT2D eigenvalue weighted by molar-refractivity contribution is -0.0498. The van der Waals surface area contributed by atoms with E-state index in [9.17, 15) is 8.78 Å². The zero-order valence-corrected chi connectivity index (χ0v) is 10.6. The van der Waals surface area contributed by atoms with Gasteiger partial charge in [-0.3, -0.25) is 0 Å². The predicted octanol–water partition coefficient (Wildman–Crippen LogP) is 5.26. The Morgan fingerprint density at radius 2 is 1.72 bits per heavy atom. The zero-order chi connectivity index (χ0) is 13.1. The topological polar surface area (TPSA) is 9.23 Å². The third-order valence-electron chi connectivity index (χ3n) is 2.32. The van der Waals surface area contributed by atoms with Crippen LogP contribution >= 0.6 is 23.2 Å². The molecule has 0 aliphatic heterocycles. The molecule has 1 nitrogen and oxygen atoms in total. The van der Waals surface area contributed by atoms with Crippen LogP contribution in [0.1, 0.15) is 0 Å². The summed E-state index contributed by atoms with van der Waals surface area (Å²) in [5.74, 6) is 0.0820. The highest BCUT2D eigenvalue weighted by Gasteiger charge is 2.09. The number of rotatable bonds is 3. The van der Waals surface area contributed by atoms with Crippen LogP contribution in [0.4, 0.5) is 8.78 Å². The fourth-order valence-electron chi connectivity index (χ4n) is 1.57. The first-order valence-corrected chi connectivity index (χ1v) is 5.83. The summed E-state index contributed by atoms with van der Waals surface area (Å²) in [6.07, 6.45) is 0. The molecule has 0 amide bonds. The van der Waals surface area contributed by atoms with Crippen molar-refractivity contribution >= 4 is 23.2 Å². The summed E-state index contributed by atoms with van der Waals surface area (Å²) >= 11 is 12.0. The molecule has 2 aromatic carbocycles. The maximum atomic E-state index is 12.1. The molecule has 2 aromatic rings. The SMILES string of the molecule is FC(F)Oc1cccc(-c2cccc(Cl)c2Cl)c1. The molecule has 0 radical (unpaired) electrons. The second-order valence-electron chi connectivity index (χ2n) is 3.51. The smallest absolute Gasteiger partial charge is 0.387 e. The minimum absolute atomic E-state index is 0.0820. The van der Waals surface area contributed by atoms with E-state index in [-0.39, 0.29) is 5.75 Å². The molecule has 2 rings (SSSR count). The van der Waals surface area contributed by atoms with Gasteiger partial charge in [0, 0.05) is 5.56 Å². The second-order valence-corrected chi connectivity index (χ2v) is 4.29. The van der Waals surface area contributed by atoms with E-state index in [4.69, 9.17) is 23.2 Å². The van der Waals surface area contributed by atoms with Crippen molar-refractivity contribution in [2.45, 2.75) is 6.61 Å². The van der Waals surface area contributed by atoms with Crippen LogP contribution in [0.5, 0.6) is 5.75 Å². The van der Waals surface area contributed by atoms with Crippen molar-refractivity contribution < 1.29 is 13.5 Å². The highest BCUT2D eigenvalue weighted by molar-refractivity contribution is 6.43. The van der Waals surface area contributed by atoms with Crippen LogP contribution in [0, 0.1) is 0 Å². The van der Waals surface area contributed by atoms with Gasteiger partial charge in [-0.15, -0.1) is 0 Å². The molecule has 0 atom stereocenters. The van der Waals surface area contributed by atoms with Gasteiger partial charge in [0.1, 0.15) is 5.75 Å². The Hall–Kier alpha value is -1.32. The van der Waals surface area contributed by atoms with Gasteiger partial charge in [-0.05, 0) is 23.8 Å². The summed E-state index contributed by atoms with van der Waals surface area (Å²) in [4.78, 5) is 0. The van der Waals surface area contributed by atoms with E-state index in [0.717, 1.165) is 0 Å². The largest absolute Gasteiger partial charge is 0.435 e. The van der Waals surface area contributed by atoms with Gasteiger partial charge >= 0.3 is 6.61 Å². The monoisotopic (exact) mass is 288 g/mol. The maximum absolute atomic E-state index is 12.1. The average molecular weight is 289 g/mol. The van der Waals surface area contributed by atoms with Gasteiger partial charge in [-0.1, -0.05) is 47.5 Å². The van der Waals surface area contributed by atoms with Crippen molar-refractivity contribution in [1.29, 1.82) is 0 Å². The number of halogens is 4. The average Bonchev–Trinajstić information content (AvgIpc) is 2.32. The lowest BCUT2D eigenvalue weighted by atomic mass is 10.1. The standard InChI is InChI=1S/C13H8Cl2F2O/c14-11-6-2-5-10(12(11)15)8-3-1-4-9(7-8)18-13(16)17/h1-7,13H. The summed E-state index contributed by atoms with van der Waals surface area (Å²) in [7, 11) is 0. The zero-order valence-electron chi connectivity index (χ0n) is 9.04. The van der Waals surface area contributed by atoms with Crippen molar-refractivity contribution in [2.24, 2.45) is 0 Å². The first-order valence-electron chi connectivity index (χ1n) is 5.07. The molecule has 0 aliphatic carbocycles. The van der Waals surface area contributed by atoms with Crippen molar-refractivity contribution in [2.75, 3.05) is 0 Å². The summed E-state index contributed by atoms with van der Waals surface area (Å²) in [6, 6.07) is 11.5. The van der Waals surface area contributed by atoms with Crippen LogP contribution in [0.2, 0.25) is 10.0 Å². The maximum Gasteiger partial charge on any atom is 0.387 e. The summed E-state index contributed by atoms with van der Waals surface area (Å²) in [5.41, 5.74) is 1.34. The van der Waals surface area contributed by atoms with Gasteiger partial charge in [0.05, 0.1) is 10.0 Å². The van der Waals surface area contributed by atoms with Gasteiger partial charge in [0.25, 0.3) is 0 Å². The summed E-state index contributed by atoms with van der Waals surface area (Å²) in [5, 5.41) is 0.794. The molecular weight excluding hydrogens is 281 g/mol. The van der Waals surface area contributed by atoms with E-state index >= 15 is 0 Å². The first-order chi connectivity index (χ1) is 8.58. The van der Waals surface area contributed by atoms with Gasteiger partial charge in [0.15, 0.2) is 0 Å². The van der Waals surface area contributed by atoms with E-state index in [2.05, 4.69) is 4.74 Å². The van der Waals surface area contributed by atoms with E-state index in [0.29, 0.717) is 21.2 Å². The lowest BCUT2D eigenvalue weighted by Crippen LogP contribution is -2.01. The Kier molecular flexibility index (Phi) is 4.04. The summed E-state index contributed by atoms with van der Waals surface area (Å²) < 4.78 is 28.6. The van der Waals surface area contributed by atoms with Crippen LogP contribution < -0.4 is 4.74 Å². The summed E-state index contributed by atoms with van der Waals surface area (Å²) in [6.45, 7) is -2.85. The van der Waals surface area contributed by atoms with Crippen molar-refractivity contribution in [3.8, 4) is 16.9 Å². The van der Waals surface area contributed by atoms with Crippen LogP contribution in [-0.2, 0) is 0 Å². The molecule has 0 saturated heterocycles. The fourth-order valence-corrected chi connectivity index (χ4v) is 1.98. The highest BCUT2D eigenvalue weighted by atomic mass is 35.5. The van der Waals surface area contributed by atoms with Crippen molar-refractivity contribution in [1.82, 2.24) is 0 Å². The molecule has 0 unspecified atom stereocenters. The number of hydrogen-bond donors (Lipinski definition) is 0. The van der Waals surface area contributed by atoms with Crippen LogP contribution in [0.15, 0.2) is 42.5 Å². The quantitative estimate of drug-likeness (QED) is 0.748. The fraction of sp³-hybridized carbons (Fsp3) is 0.0769. The molecule has 0 saturated carbocycles. The van der Waals surface area contributed by atoms with Crippen molar-refractivity contribution in [3.63, 3.8) is 0 Å². The Bertz CT molecular complexity index is 558. The highest BCUT2D eigenvalue weighted by Crippen LogP contribution is 2.34. The van der Waals surface area contributed by atoms with E-state index in [1.54, 1.807) is 30.3 Å². The van der Waals surface area contributed by atoms with Gasteiger partial charge in [-0.2, -0.15) is 8.78 Å². The molecule has 0 aromatic heterocycles. The number of alkyl halides is 2. The lowest BCUT2D eigenvalue weighted by Gasteiger charge is -2.09. The van der Waals surface area contributed by atoms with Crippen LogP contribution in [-0.4, -0.2) is 6.61 Å². The second kappa shape index (κ2) is 5.55. The molecular formula is C13H8Cl2F2O. The Morgan fingerprint density at radius 3 is 2.44 bits per heavy atom. The normalized spacial score (nSPS) is 10.7. The Morgan fingerprint density at radius 1 is 1.00 bits per heavy atom. The molecule has 18 heavy (non-hydrogen) atoms. The minimum atomic E-state index is -2.85. The third kappa shape index (κ3) is 2.92. The number of ether oxygens (including phenoxy) is 1. The molecule has 0 bridgehead atoms. The van der Waals surface area contributed by atoms with Gasteiger partial charge in [0.2, 0.25) is 0 Å². The van der Waals surface area contributed by atoms with Gasteiger partial charge in [-0.25, -0.2) is 0 Å².